The van der Waals surface area contributed by atoms with Crippen LogP contribution in [0.25, 0.3) is 0 Å². The molecule has 0 aromatic rings. The van der Waals surface area contributed by atoms with Crippen LogP contribution < -0.4 is 31.9 Å². The van der Waals surface area contributed by atoms with Gasteiger partial charge in [-0.1, -0.05) is 13.8 Å². The van der Waals surface area contributed by atoms with E-state index in [1.807, 2.05) is 0 Å². The molecule has 11 N–H and O–H groups in total. The molecule has 7 atom stereocenters. The lowest BCUT2D eigenvalue weighted by Crippen LogP contribution is -2.60. The molecule has 1 rings (SSSR count). The van der Waals surface area contributed by atoms with E-state index in [2.05, 4.69) is 31.9 Å². The minimum absolute atomic E-state index is 0.0203. The van der Waals surface area contributed by atoms with Crippen molar-refractivity contribution in [3.05, 3.63) is 0 Å². The molecule has 22 nitrogen and oxygen atoms in total. The van der Waals surface area contributed by atoms with Crippen molar-refractivity contribution in [1.82, 2.24) is 36.8 Å². The Balaban J connectivity index is 2.94. The Morgan fingerprint density at radius 2 is 1.38 bits per heavy atom. The van der Waals surface area contributed by atoms with Crippen molar-refractivity contribution in [3.63, 3.8) is 0 Å². The van der Waals surface area contributed by atoms with Gasteiger partial charge in [-0.25, -0.2) is 4.79 Å². The number of amides is 7. The van der Waals surface area contributed by atoms with Crippen LogP contribution in [-0.4, -0.2) is 152 Å². The smallest absolute Gasteiger partial charge is 0.326 e. The number of carboxylic acid groups (broad SMARTS) is 3. The van der Waals surface area contributed by atoms with Gasteiger partial charge in [0.05, 0.1) is 25.7 Å². The molecule has 1 saturated heterocycles. The standard InChI is InChI=1S/C31H49N7O15/c1-14(2)10-19(31(52)53)35-26(47)17(7-8-23(43)44)34-22(42)12-32-29(50)25(15(3)40)37-27(48)20(13-39)36-28(49)21-6-5-9-38(21)30(51)18(11-24(45)46)33-16(4)41/h14-15,17-21,25,39-40H,5-13H2,1-4H3,(H,32,50)(H,33,41)(H,34,42)(H,35,47)(H,36,49)(H,37,48)(H,43,44)(H,45,46)(H,52,53)/t15-,17+,18+,19+,20+,21+,25+/m1/s1. The van der Waals surface area contributed by atoms with Crippen LogP contribution in [0.15, 0.2) is 0 Å². The molecular formula is C31H49N7O15. The van der Waals surface area contributed by atoms with Crippen molar-refractivity contribution in [2.45, 2.75) is 109 Å². The molecule has 0 aromatic carbocycles. The van der Waals surface area contributed by atoms with Crippen molar-refractivity contribution >= 4 is 59.3 Å². The number of nitrogens with zero attached hydrogens (tertiary/aromatic N) is 1. The fourth-order valence-electron chi connectivity index (χ4n) is 5.27. The molecule has 0 bridgehead atoms. The Morgan fingerprint density at radius 1 is 0.755 bits per heavy atom. The molecule has 298 valence electrons. The van der Waals surface area contributed by atoms with Crippen LogP contribution in [0.4, 0.5) is 0 Å². The van der Waals surface area contributed by atoms with E-state index in [1.165, 1.54) is 0 Å². The van der Waals surface area contributed by atoms with E-state index in [4.69, 9.17) is 10.2 Å². The van der Waals surface area contributed by atoms with Crippen molar-refractivity contribution in [3.8, 4) is 0 Å². The molecule has 7 amide bonds. The molecule has 1 heterocycles. The molecular weight excluding hydrogens is 710 g/mol. The van der Waals surface area contributed by atoms with Gasteiger partial charge in [0.1, 0.15) is 36.3 Å². The highest BCUT2D eigenvalue weighted by molar-refractivity contribution is 5.97. The number of aliphatic hydroxyl groups excluding tert-OH is 2. The molecule has 0 aromatic heterocycles. The zero-order chi connectivity index (χ0) is 40.6. The summed E-state index contributed by atoms with van der Waals surface area (Å²) < 4.78 is 0. The van der Waals surface area contributed by atoms with Crippen LogP contribution in [0.2, 0.25) is 0 Å². The summed E-state index contributed by atoms with van der Waals surface area (Å²) >= 11 is 0. The third-order valence-corrected chi connectivity index (χ3v) is 7.81. The van der Waals surface area contributed by atoms with Crippen LogP contribution in [0, 0.1) is 5.92 Å². The first kappa shape index (κ1) is 45.6. The van der Waals surface area contributed by atoms with E-state index in [-0.39, 0.29) is 25.3 Å². The van der Waals surface area contributed by atoms with Gasteiger partial charge in [-0.15, -0.1) is 0 Å². The van der Waals surface area contributed by atoms with Gasteiger partial charge in [0, 0.05) is 19.9 Å². The van der Waals surface area contributed by atoms with Gasteiger partial charge in [-0.3, -0.25) is 43.2 Å². The Kier molecular flexibility index (Phi) is 18.8. The maximum atomic E-state index is 13.1. The summed E-state index contributed by atoms with van der Waals surface area (Å²) in [6.45, 7) is 3.76. The van der Waals surface area contributed by atoms with Gasteiger partial charge in [0.2, 0.25) is 41.4 Å². The first-order valence-electron chi connectivity index (χ1n) is 16.7. The van der Waals surface area contributed by atoms with E-state index in [0.29, 0.717) is 6.42 Å². The number of rotatable bonds is 22. The average molecular weight is 760 g/mol. The summed E-state index contributed by atoms with van der Waals surface area (Å²) in [7, 11) is 0. The average Bonchev–Trinajstić information content (AvgIpc) is 3.55. The molecule has 0 aliphatic carbocycles. The lowest BCUT2D eigenvalue weighted by molar-refractivity contribution is -0.146. The van der Waals surface area contributed by atoms with Gasteiger partial charge >= 0.3 is 17.9 Å². The Hall–Kier alpha value is -5.38. The number of carbonyl (C=O) groups excluding carboxylic acids is 7. The first-order chi connectivity index (χ1) is 24.7. The number of hydrogen-bond acceptors (Lipinski definition) is 12. The summed E-state index contributed by atoms with van der Waals surface area (Å²) in [6, 6.07) is -9.02. The molecule has 0 radical (unpaired) electrons. The predicted octanol–water partition coefficient (Wildman–Crippen LogP) is -4.62. The number of likely N-dealkylation sites (tertiary alicyclic amines) is 1. The summed E-state index contributed by atoms with van der Waals surface area (Å²) in [5.74, 6) is -10.9. The zero-order valence-electron chi connectivity index (χ0n) is 29.7. The Bertz CT molecular complexity index is 1370. The molecule has 0 spiro atoms. The van der Waals surface area contributed by atoms with Crippen molar-refractivity contribution in [1.29, 1.82) is 0 Å². The zero-order valence-corrected chi connectivity index (χ0v) is 29.7. The largest absolute Gasteiger partial charge is 0.481 e. The van der Waals surface area contributed by atoms with Gasteiger partial charge in [0.25, 0.3) is 0 Å². The second-order valence-electron chi connectivity index (χ2n) is 12.8. The van der Waals surface area contributed by atoms with E-state index in [0.717, 1.165) is 18.7 Å². The highest BCUT2D eigenvalue weighted by Gasteiger charge is 2.40. The number of nitrogens with one attached hydrogen (secondary N) is 6. The minimum Gasteiger partial charge on any atom is -0.481 e. The maximum Gasteiger partial charge on any atom is 0.326 e. The Labute approximate surface area is 303 Å². The lowest BCUT2D eigenvalue weighted by Gasteiger charge is -2.29. The van der Waals surface area contributed by atoms with Gasteiger partial charge in [0.15, 0.2) is 0 Å². The van der Waals surface area contributed by atoms with Crippen LogP contribution >= 0.6 is 0 Å². The molecule has 22 heteroatoms. The summed E-state index contributed by atoms with van der Waals surface area (Å²) in [6.07, 6.45) is -2.94. The second kappa shape index (κ2) is 21.9. The summed E-state index contributed by atoms with van der Waals surface area (Å²) in [4.78, 5) is 124. The molecule has 53 heavy (non-hydrogen) atoms. The van der Waals surface area contributed by atoms with Crippen LogP contribution in [0.1, 0.15) is 66.2 Å². The molecule has 0 saturated carbocycles. The maximum absolute atomic E-state index is 13.1. The van der Waals surface area contributed by atoms with Crippen LogP contribution in [-0.2, 0) is 47.9 Å². The highest BCUT2D eigenvalue weighted by atomic mass is 16.4. The highest BCUT2D eigenvalue weighted by Crippen LogP contribution is 2.20. The third-order valence-electron chi connectivity index (χ3n) is 7.81. The number of aliphatic hydroxyl groups is 2. The predicted molar refractivity (Wildman–Crippen MR) is 178 cm³/mol. The summed E-state index contributed by atoms with van der Waals surface area (Å²) in [5.41, 5.74) is 0. The molecule has 1 aliphatic heterocycles. The van der Waals surface area contributed by atoms with E-state index >= 15 is 0 Å². The second-order valence-corrected chi connectivity index (χ2v) is 12.8. The SMILES string of the molecule is CC(=O)N[C@@H](CC(=O)O)C(=O)N1CCC[C@H]1C(=O)N[C@@H](CO)C(=O)N[C@H](C(=O)NCC(=O)N[C@@H](CCC(=O)O)C(=O)N[C@@H](CC(C)C)C(=O)O)[C@@H](C)O. The fourth-order valence-corrected chi connectivity index (χ4v) is 5.27. The lowest BCUT2D eigenvalue weighted by atomic mass is 10.0. The van der Waals surface area contributed by atoms with E-state index in [9.17, 15) is 63.3 Å². The van der Waals surface area contributed by atoms with Gasteiger partial charge < -0.3 is 62.3 Å². The van der Waals surface area contributed by atoms with Crippen LogP contribution in [0.5, 0.6) is 0 Å². The Morgan fingerprint density at radius 3 is 1.89 bits per heavy atom. The van der Waals surface area contributed by atoms with Crippen LogP contribution in [0.3, 0.4) is 0 Å². The van der Waals surface area contributed by atoms with E-state index < -0.39 is 134 Å². The molecule has 0 unspecified atom stereocenters. The minimum atomic E-state index is -1.77. The normalized spacial score (nSPS) is 17.2. The monoisotopic (exact) mass is 759 g/mol. The number of aliphatic carboxylic acids is 3. The number of carboxylic acids is 3. The summed E-state index contributed by atoms with van der Waals surface area (Å²) in [5, 5.41) is 60.9. The van der Waals surface area contributed by atoms with Gasteiger partial charge in [-0.2, -0.15) is 0 Å². The van der Waals surface area contributed by atoms with Gasteiger partial charge in [-0.05, 0) is 38.5 Å². The number of carbonyl (C=O) groups is 10. The third kappa shape index (κ3) is 15.8. The van der Waals surface area contributed by atoms with E-state index in [1.54, 1.807) is 13.8 Å². The van der Waals surface area contributed by atoms with Crippen molar-refractivity contribution in [2.75, 3.05) is 19.7 Å². The quantitative estimate of drug-likeness (QED) is 0.0495. The van der Waals surface area contributed by atoms with Crippen molar-refractivity contribution in [2.24, 2.45) is 5.92 Å². The molecule has 1 aliphatic rings. The topological polar surface area (TPSA) is 347 Å². The molecule has 1 fully saturated rings. The van der Waals surface area contributed by atoms with Crippen molar-refractivity contribution < 1.29 is 73.5 Å². The first-order valence-corrected chi connectivity index (χ1v) is 16.7. The fraction of sp³-hybridized carbons (Fsp3) is 0.677. The number of hydrogen-bond donors (Lipinski definition) is 11.